The zero-order valence-electron chi connectivity index (χ0n) is 32.5. The number of aliphatic hydroxyl groups excluding tert-OH is 5. The molecule has 9 heteroatoms. The second-order valence-corrected chi connectivity index (χ2v) is 14.0. The molecule has 0 radical (unpaired) electrons. The number of aliphatic hydroxyl groups is 5. The van der Waals surface area contributed by atoms with Crippen molar-refractivity contribution in [2.45, 2.75) is 192 Å². The molecule has 1 aliphatic rings. The van der Waals surface area contributed by atoms with Crippen LogP contribution in [0, 0.1) is 0 Å². The highest BCUT2D eigenvalue weighted by Gasteiger charge is 2.44. The molecule has 1 aliphatic heterocycles. The van der Waals surface area contributed by atoms with Crippen molar-refractivity contribution in [3.05, 3.63) is 60.8 Å². The maximum atomic E-state index is 12.9. The van der Waals surface area contributed by atoms with Gasteiger partial charge in [0.05, 0.1) is 25.4 Å². The smallest absolute Gasteiger partial charge is 0.220 e. The van der Waals surface area contributed by atoms with Gasteiger partial charge in [0.25, 0.3) is 0 Å². The molecule has 0 aromatic rings. The van der Waals surface area contributed by atoms with Gasteiger partial charge in [-0.25, -0.2) is 0 Å². The topological polar surface area (TPSA) is 149 Å². The Morgan fingerprint density at radius 3 is 1.85 bits per heavy atom. The van der Waals surface area contributed by atoms with Crippen LogP contribution in [0.2, 0.25) is 0 Å². The summed E-state index contributed by atoms with van der Waals surface area (Å²) in [4.78, 5) is 12.9. The van der Waals surface area contributed by atoms with Crippen molar-refractivity contribution in [2.24, 2.45) is 0 Å². The number of rotatable bonds is 32. The molecule has 52 heavy (non-hydrogen) atoms. The Morgan fingerprint density at radius 2 is 1.21 bits per heavy atom. The Labute approximate surface area is 316 Å². The molecule has 6 N–H and O–H groups in total. The van der Waals surface area contributed by atoms with E-state index in [0.717, 1.165) is 70.6 Å². The van der Waals surface area contributed by atoms with Gasteiger partial charge < -0.3 is 40.3 Å². The van der Waals surface area contributed by atoms with Gasteiger partial charge in [0.15, 0.2) is 6.29 Å². The van der Waals surface area contributed by atoms with Gasteiger partial charge in [0, 0.05) is 6.42 Å². The van der Waals surface area contributed by atoms with Crippen molar-refractivity contribution >= 4 is 5.91 Å². The van der Waals surface area contributed by atoms with Crippen LogP contribution in [0.5, 0.6) is 0 Å². The van der Waals surface area contributed by atoms with Gasteiger partial charge in [-0.2, -0.15) is 0 Å². The number of ether oxygens (including phenoxy) is 2. The van der Waals surface area contributed by atoms with Gasteiger partial charge in [-0.15, -0.1) is 0 Å². The Kier molecular flexibility index (Phi) is 30.8. The largest absolute Gasteiger partial charge is 0.394 e. The van der Waals surface area contributed by atoms with Crippen molar-refractivity contribution in [1.82, 2.24) is 5.32 Å². The number of allylic oxidation sites excluding steroid dienone is 9. The molecule has 300 valence electrons. The van der Waals surface area contributed by atoms with E-state index in [0.29, 0.717) is 6.42 Å². The molecule has 1 saturated heterocycles. The minimum Gasteiger partial charge on any atom is -0.394 e. The van der Waals surface area contributed by atoms with Crippen LogP contribution in [0.1, 0.15) is 149 Å². The van der Waals surface area contributed by atoms with Crippen molar-refractivity contribution in [1.29, 1.82) is 0 Å². The molecular weight excluding hydrogens is 658 g/mol. The zero-order valence-corrected chi connectivity index (χ0v) is 32.5. The SMILES string of the molecule is CC/C=C\C/C=C\C/C=C\CCCCCCCCCC(=O)NC(COC1OC(CO)C(O)C(O)C1O)C(O)/C=C/CC/C=C/CCCCCCCC. The van der Waals surface area contributed by atoms with E-state index in [1.54, 1.807) is 6.08 Å². The van der Waals surface area contributed by atoms with Crippen LogP contribution in [0.15, 0.2) is 60.8 Å². The fraction of sp³-hybridized carbons (Fsp3) is 0.744. The van der Waals surface area contributed by atoms with Crippen molar-refractivity contribution in [2.75, 3.05) is 13.2 Å². The van der Waals surface area contributed by atoms with E-state index < -0.39 is 49.5 Å². The molecule has 7 unspecified atom stereocenters. The number of hydrogen-bond acceptors (Lipinski definition) is 8. The zero-order chi connectivity index (χ0) is 38.1. The maximum Gasteiger partial charge on any atom is 0.220 e. The molecular formula is C43H75NO8. The summed E-state index contributed by atoms with van der Waals surface area (Å²) in [5.41, 5.74) is 0. The fourth-order valence-corrected chi connectivity index (χ4v) is 6.01. The lowest BCUT2D eigenvalue weighted by Crippen LogP contribution is -2.60. The van der Waals surface area contributed by atoms with Gasteiger partial charge in [-0.1, -0.05) is 139 Å². The summed E-state index contributed by atoms with van der Waals surface area (Å²) in [6.07, 6.45) is 35.5. The number of amides is 1. The lowest BCUT2D eigenvalue weighted by atomic mass is 9.99. The highest BCUT2D eigenvalue weighted by Crippen LogP contribution is 2.22. The predicted molar refractivity (Wildman–Crippen MR) is 212 cm³/mol. The van der Waals surface area contributed by atoms with Crippen molar-refractivity contribution < 1.29 is 39.8 Å². The van der Waals surface area contributed by atoms with Gasteiger partial charge in [-0.05, 0) is 64.2 Å². The summed E-state index contributed by atoms with van der Waals surface area (Å²) in [6.45, 7) is 3.59. The Balaban J connectivity index is 2.44. The fourth-order valence-electron chi connectivity index (χ4n) is 6.01. The first-order valence-corrected chi connectivity index (χ1v) is 20.5. The molecule has 0 aliphatic carbocycles. The molecule has 1 amide bonds. The summed E-state index contributed by atoms with van der Waals surface area (Å²) in [6, 6.07) is -0.826. The second kappa shape index (κ2) is 33.5. The molecule has 0 bridgehead atoms. The third-order valence-corrected chi connectivity index (χ3v) is 9.33. The second-order valence-electron chi connectivity index (χ2n) is 14.0. The summed E-state index contributed by atoms with van der Waals surface area (Å²) < 4.78 is 11.1. The average Bonchev–Trinajstić information content (AvgIpc) is 3.14. The maximum absolute atomic E-state index is 12.9. The number of unbranched alkanes of at least 4 members (excludes halogenated alkanes) is 14. The summed E-state index contributed by atoms with van der Waals surface area (Å²) in [5, 5.41) is 53.9. The molecule has 0 aromatic carbocycles. The van der Waals surface area contributed by atoms with E-state index in [1.165, 1.54) is 57.8 Å². The van der Waals surface area contributed by atoms with E-state index in [4.69, 9.17) is 9.47 Å². The van der Waals surface area contributed by atoms with Crippen molar-refractivity contribution in [3.8, 4) is 0 Å². The van der Waals surface area contributed by atoms with E-state index >= 15 is 0 Å². The van der Waals surface area contributed by atoms with E-state index in [9.17, 15) is 30.3 Å². The third-order valence-electron chi connectivity index (χ3n) is 9.33. The number of carbonyl (C=O) groups excluding carboxylic acids is 1. The summed E-state index contributed by atoms with van der Waals surface area (Å²) in [7, 11) is 0. The number of hydrogen-bond donors (Lipinski definition) is 6. The van der Waals surface area contributed by atoms with E-state index in [-0.39, 0.29) is 12.5 Å². The highest BCUT2D eigenvalue weighted by molar-refractivity contribution is 5.76. The number of carbonyl (C=O) groups is 1. The molecule has 1 heterocycles. The van der Waals surface area contributed by atoms with Crippen LogP contribution in [-0.2, 0) is 14.3 Å². The minimum atomic E-state index is -1.57. The summed E-state index contributed by atoms with van der Waals surface area (Å²) in [5.74, 6) is -0.202. The van der Waals surface area contributed by atoms with Crippen molar-refractivity contribution in [3.63, 3.8) is 0 Å². The molecule has 7 atom stereocenters. The Bertz CT molecular complexity index is 994. The van der Waals surface area contributed by atoms with Crippen LogP contribution < -0.4 is 5.32 Å². The molecule has 0 saturated carbocycles. The van der Waals surface area contributed by atoms with Crippen LogP contribution in [0.4, 0.5) is 0 Å². The van der Waals surface area contributed by atoms with E-state index in [2.05, 4.69) is 67.8 Å². The number of nitrogens with one attached hydrogen (secondary N) is 1. The molecule has 0 spiro atoms. The monoisotopic (exact) mass is 734 g/mol. The third kappa shape index (κ3) is 24.3. The first-order valence-electron chi connectivity index (χ1n) is 20.5. The highest BCUT2D eigenvalue weighted by atomic mass is 16.7. The summed E-state index contributed by atoms with van der Waals surface area (Å²) >= 11 is 0. The van der Waals surface area contributed by atoms with Crippen LogP contribution in [0.3, 0.4) is 0 Å². The molecule has 9 nitrogen and oxygen atoms in total. The Hall–Kier alpha value is -2.11. The van der Waals surface area contributed by atoms with Gasteiger partial charge >= 0.3 is 0 Å². The van der Waals surface area contributed by atoms with E-state index in [1.807, 2.05) is 6.08 Å². The van der Waals surface area contributed by atoms with Gasteiger partial charge in [-0.3, -0.25) is 4.79 Å². The first-order chi connectivity index (χ1) is 25.3. The molecule has 1 fully saturated rings. The minimum absolute atomic E-state index is 0.202. The predicted octanol–water partition coefficient (Wildman–Crippen LogP) is 7.66. The first kappa shape index (κ1) is 47.9. The van der Waals surface area contributed by atoms with Crippen LogP contribution in [-0.4, -0.2) is 87.5 Å². The normalized spacial score (nSPS) is 22.5. The lowest BCUT2D eigenvalue weighted by molar-refractivity contribution is -0.302. The lowest BCUT2D eigenvalue weighted by Gasteiger charge is -2.40. The Morgan fingerprint density at radius 1 is 0.673 bits per heavy atom. The quantitative estimate of drug-likeness (QED) is 0.0305. The average molecular weight is 734 g/mol. The molecule has 1 rings (SSSR count). The molecule has 0 aromatic heterocycles. The van der Waals surface area contributed by atoms with Crippen LogP contribution in [0.25, 0.3) is 0 Å². The van der Waals surface area contributed by atoms with Gasteiger partial charge in [0.1, 0.15) is 24.4 Å². The van der Waals surface area contributed by atoms with Gasteiger partial charge in [0.2, 0.25) is 5.91 Å². The standard InChI is InChI=1S/C43H75NO8/c1-3-5-7-9-11-13-15-17-18-19-20-21-23-25-27-29-31-33-39(47)44-36(35-51-43-42(50)41(49)40(48)38(34-45)52-43)37(46)32-30-28-26-24-22-16-14-12-10-8-6-4-2/h5,7,11,13,17-18,22,24,30,32,36-38,40-43,45-46,48-50H,3-4,6,8-10,12,14-16,19-21,23,25-29,31,33-35H2,1-2H3,(H,44,47)/b7-5-,13-11-,18-17-,24-22+,32-30+. The van der Waals surface area contributed by atoms with Crippen LogP contribution >= 0.6 is 0 Å².